The van der Waals surface area contributed by atoms with E-state index in [0.29, 0.717) is 24.8 Å². The highest BCUT2D eigenvalue weighted by molar-refractivity contribution is 9.10. The van der Waals surface area contributed by atoms with Crippen molar-refractivity contribution in [2.24, 2.45) is 5.92 Å². The van der Waals surface area contributed by atoms with E-state index in [2.05, 4.69) is 36.3 Å². The number of nitrogens with one attached hydrogen (secondary N) is 1. The van der Waals surface area contributed by atoms with Gasteiger partial charge in [-0.05, 0) is 55.8 Å². The minimum atomic E-state index is -0.218. The number of hydrogen-bond acceptors (Lipinski definition) is 6. The second kappa shape index (κ2) is 11.8. The minimum Gasteiger partial charge on any atom is -0.355 e. The molecule has 0 aliphatic carbocycles. The number of thioether (sulfide) groups is 1. The molecule has 0 atom stereocenters. The molecule has 3 aromatic rings. The third-order valence-corrected chi connectivity index (χ3v) is 7.12. The number of hydrogen-bond donors (Lipinski definition) is 1. The molecular weight excluding hydrogens is 507 g/mol. The Labute approximate surface area is 205 Å². The quantitative estimate of drug-likeness (QED) is 0.395. The van der Waals surface area contributed by atoms with E-state index >= 15 is 0 Å². The van der Waals surface area contributed by atoms with Gasteiger partial charge in [-0.1, -0.05) is 45.4 Å². The summed E-state index contributed by atoms with van der Waals surface area (Å²) in [6.07, 6.45) is 1.64. The summed E-state index contributed by atoms with van der Waals surface area (Å²) in [7, 11) is 0. The van der Waals surface area contributed by atoms with Gasteiger partial charge in [-0.2, -0.15) is 16.7 Å². The summed E-state index contributed by atoms with van der Waals surface area (Å²) in [4.78, 5) is 19.3. The zero-order chi connectivity index (χ0) is 23.0. The highest BCUT2D eigenvalue weighted by Gasteiger charge is 2.25. The van der Waals surface area contributed by atoms with Crippen molar-refractivity contribution in [1.29, 1.82) is 0 Å². The molecule has 1 aliphatic heterocycles. The van der Waals surface area contributed by atoms with Gasteiger partial charge in [0, 0.05) is 34.0 Å². The van der Waals surface area contributed by atoms with E-state index in [9.17, 15) is 9.18 Å². The molecule has 2 heterocycles. The van der Waals surface area contributed by atoms with E-state index in [1.165, 1.54) is 12.1 Å². The Bertz CT molecular complexity index is 1050. The molecule has 0 bridgehead atoms. The van der Waals surface area contributed by atoms with Crippen molar-refractivity contribution < 1.29 is 13.7 Å². The summed E-state index contributed by atoms with van der Waals surface area (Å²) in [5, 5.41) is 7.15. The van der Waals surface area contributed by atoms with Crippen molar-refractivity contribution in [1.82, 2.24) is 20.4 Å². The van der Waals surface area contributed by atoms with Gasteiger partial charge >= 0.3 is 0 Å². The zero-order valence-electron chi connectivity index (χ0n) is 18.2. The monoisotopic (exact) mass is 532 g/mol. The number of aromatic nitrogens is 2. The Morgan fingerprint density at radius 1 is 1.21 bits per heavy atom. The summed E-state index contributed by atoms with van der Waals surface area (Å²) in [6, 6.07) is 14.3. The van der Waals surface area contributed by atoms with Gasteiger partial charge < -0.3 is 9.84 Å². The second-order valence-corrected chi connectivity index (χ2v) is 10.1. The predicted molar refractivity (Wildman–Crippen MR) is 131 cm³/mol. The molecule has 1 aromatic heterocycles. The number of carbonyl (C=O) groups is 1. The Hall–Kier alpha value is -2.23. The lowest BCUT2D eigenvalue weighted by Gasteiger charge is -2.30. The number of rotatable bonds is 9. The van der Waals surface area contributed by atoms with Gasteiger partial charge in [0.15, 0.2) is 0 Å². The third-order valence-electron chi connectivity index (χ3n) is 5.60. The van der Waals surface area contributed by atoms with Gasteiger partial charge in [0.1, 0.15) is 5.82 Å². The van der Waals surface area contributed by atoms with Crippen LogP contribution in [0.5, 0.6) is 0 Å². The number of piperidine rings is 1. The second-order valence-electron chi connectivity index (χ2n) is 8.04. The van der Waals surface area contributed by atoms with E-state index in [1.54, 1.807) is 23.9 Å². The van der Waals surface area contributed by atoms with E-state index in [1.807, 2.05) is 24.3 Å². The van der Waals surface area contributed by atoms with Crippen LogP contribution in [-0.4, -0.2) is 46.3 Å². The number of nitrogens with zero attached hydrogens (tertiary/aromatic N) is 3. The van der Waals surface area contributed by atoms with Crippen molar-refractivity contribution in [2.75, 3.05) is 25.4 Å². The third kappa shape index (κ3) is 7.12. The molecule has 0 saturated carbocycles. The van der Waals surface area contributed by atoms with Gasteiger partial charge in [0.25, 0.3) is 0 Å². The fraction of sp³-hybridized carbons (Fsp3) is 0.375. The topological polar surface area (TPSA) is 71.3 Å². The van der Waals surface area contributed by atoms with E-state index in [4.69, 9.17) is 4.52 Å². The Morgan fingerprint density at radius 2 is 2.00 bits per heavy atom. The Morgan fingerprint density at radius 3 is 2.76 bits per heavy atom. The van der Waals surface area contributed by atoms with Gasteiger partial charge in [0.05, 0.1) is 6.54 Å². The van der Waals surface area contributed by atoms with Crippen LogP contribution in [-0.2, 0) is 17.1 Å². The molecule has 9 heteroatoms. The lowest BCUT2D eigenvalue weighted by atomic mass is 9.96. The van der Waals surface area contributed by atoms with Crippen LogP contribution >= 0.6 is 27.7 Å². The first-order valence-corrected chi connectivity index (χ1v) is 12.9. The molecule has 1 amide bonds. The van der Waals surface area contributed by atoms with Gasteiger partial charge in [-0.3, -0.25) is 9.69 Å². The molecule has 174 valence electrons. The summed E-state index contributed by atoms with van der Waals surface area (Å²) >= 11 is 5.19. The summed E-state index contributed by atoms with van der Waals surface area (Å²) in [5.74, 6) is 2.77. The van der Waals surface area contributed by atoms with Crippen LogP contribution in [0, 0.1) is 11.7 Å². The maximum absolute atomic E-state index is 12.9. The van der Waals surface area contributed by atoms with Gasteiger partial charge in [-0.15, -0.1) is 0 Å². The van der Waals surface area contributed by atoms with Crippen LogP contribution in [0.2, 0.25) is 0 Å². The molecule has 1 saturated heterocycles. The SMILES string of the molecule is O=C(NCCSCc1ccc(F)cc1)C1CCN(Cc2nc(-c3cccc(Br)c3)no2)CC1. The molecule has 0 radical (unpaired) electrons. The van der Waals surface area contributed by atoms with E-state index in [-0.39, 0.29) is 17.6 Å². The first kappa shape index (κ1) is 23.9. The first-order valence-electron chi connectivity index (χ1n) is 11.0. The number of amides is 1. The first-order chi connectivity index (χ1) is 16.1. The molecule has 1 aliphatic rings. The minimum absolute atomic E-state index is 0.0447. The lowest BCUT2D eigenvalue weighted by molar-refractivity contribution is -0.126. The van der Waals surface area contributed by atoms with Crippen LogP contribution in [0.25, 0.3) is 11.4 Å². The van der Waals surface area contributed by atoms with Crippen molar-refractivity contribution in [2.45, 2.75) is 25.1 Å². The fourth-order valence-corrected chi connectivity index (χ4v) is 4.99. The van der Waals surface area contributed by atoms with Crippen LogP contribution in [0.1, 0.15) is 24.3 Å². The van der Waals surface area contributed by atoms with Crippen molar-refractivity contribution in [3.63, 3.8) is 0 Å². The molecular formula is C24H26BrFN4O2S. The summed E-state index contributed by atoms with van der Waals surface area (Å²) < 4.78 is 19.3. The van der Waals surface area contributed by atoms with Gasteiger partial charge in [-0.25, -0.2) is 4.39 Å². The zero-order valence-corrected chi connectivity index (χ0v) is 20.6. The normalized spacial score (nSPS) is 15.0. The number of likely N-dealkylation sites (tertiary alicyclic amines) is 1. The van der Waals surface area contributed by atoms with E-state index < -0.39 is 0 Å². The molecule has 1 N–H and O–H groups in total. The molecule has 6 nitrogen and oxygen atoms in total. The average Bonchev–Trinajstić information content (AvgIpc) is 3.29. The molecule has 33 heavy (non-hydrogen) atoms. The van der Waals surface area contributed by atoms with Crippen LogP contribution in [0.4, 0.5) is 4.39 Å². The smallest absolute Gasteiger partial charge is 0.241 e. The number of carbonyl (C=O) groups excluding carboxylic acids is 1. The highest BCUT2D eigenvalue weighted by atomic mass is 79.9. The van der Waals surface area contributed by atoms with Crippen molar-refractivity contribution >= 4 is 33.6 Å². The maximum atomic E-state index is 12.9. The molecule has 2 aromatic carbocycles. The number of benzene rings is 2. The number of halogens is 2. The van der Waals surface area contributed by atoms with Crippen LogP contribution in [0.15, 0.2) is 57.5 Å². The highest BCUT2D eigenvalue weighted by Crippen LogP contribution is 2.22. The molecule has 0 unspecified atom stereocenters. The largest absolute Gasteiger partial charge is 0.355 e. The summed E-state index contributed by atoms with van der Waals surface area (Å²) in [6.45, 7) is 2.89. The van der Waals surface area contributed by atoms with Gasteiger partial charge in [0.2, 0.25) is 17.6 Å². The molecule has 0 spiro atoms. The Kier molecular flexibility index (Phi) is 8.52. The maximum Gasteiger partial charge on any atom is 0.241 e. The fourth-order valence-electron chi connectivity index (χ4n) is 3.77. The van der Waals surface area contributed by atoms with E-state index in [0.717, 1.165) is 53.0 Å². The van der Waals surface area contributed by atoms with Crippen molar-refractivity contribution in [3.8, 4) is 11.4 Å². The summed E-state index contributed by atoms with van der Waals surface area (Å²) in [5.41, 5.74) is 2.00. The van der Waals surface area contributed by atoms with Crippen molar-refractivity contribution in [3.05, 3.63) is 70.3 Å². The Balaban J connectivity index is 1.14. The molecule has 1 fully saturated rings. The van der Waals surface area contributed by atoms with Crippen LogP contribution < -0.4 is 5.32 Å². The average molecular weight is 533 g/mol. The van der Waals surface area contributed by atoms with Crippen LogP contribution in [0.3, 0.4) is 0 Å². The standard InChI is InChI=1S/C24H26BrFN4O2S/c25-20-3-1-2-19(14-20)23-28-22(32-29-23)15-30-11-8-18(9-12-30)24(31)27-10-13-33-16-17-4-6-21(26)7-5-17/h1-7,14,18H,8-13,15-16H2,(H,27,31). The lowest BCUT2D eigenvalue weighted by Crippen LogP contribution is -2.40. The predicted octanol–water partition coefficient (Wildman–Crippen LogP) is 4.90. The molecule has 4 rings (SSSR count).